The van der Waals surface area contributed by atoms with Crippen molar-refractivity contribution < 1.29 is 4.79 Å². The van der Waals surface area contributed by atoms with E-state index in [1.54, 1.807) is 0 Å². The second-order valence-corrected chi connectivity index (χ2v) is 6.44. The number of anilines is 1. The van der Waals surface area contributed by atoms with Gasteiger partial charge in [0.05, 0.1) is 0 Å². The van der Waals surface area contributed by atoms with Gasteiger partial charge in [-0.05, 0) is 49.4 Å². The minimum absolute atomic E-state index is 0.144. The molecule has 4 heteroatoms. The molecule has 24 heavy (non-hydrogen) atoms. The Labute approximate surface area is 143 Å². The lowest BCUT2D eigenvalue weighted by molar-refractivity contribution is 0.247. The van der Waals surface area contributed by atoms with Gasteiger partial charge in [-0.1, -0.05) is 48.5 Å². The fourth-order valence-electron chi connectivity index (χ4n) is 3.18. The Bertz CT molecular complexity index is 622. The van der Waals surface area contributed by atoms with E-state index >= 15 is 0 Å². The molecule has 1 aliphatic rings. The summed E-state index contributed by atoms with van der Waals surface area (Å²) in [5.74, 6) is 0.682. The maximum atomic E-state index is 11.9. The highest BCUT2D eigenvalue weighted by Gasteiger charge is 2.21. The molecule has 0 unspecified atom stereocenters. The second-order valence-electron chi connectivity index (χ2n) is 6.44. The summed E-state index contributed by atoms with van der Waals surface area (Å²) in [5, 5.41) is 9.36. The molecule has 126 valence electrons. The average molecular weight is 323 g/mol. The molecule has 0 saturated carbocycles. The minimum Gasteiger partial charge on any atom is -0.336 e. The van der Waals surface area contributed by atoms with Crippen LogP contribution in [0, 0.1) is 5.92 Å². The highest BCUT2D eigenvalue weighted by molar-refractivity contribution is 5.89. The van der Waals surface area contributed by atoms with Crippen molar-refractivity contribution in [2.24, 2.45) is 5.92 Å². The van der Waals surface area contributed by atoms with E-state index in [2.05, 4.69) is 46.3 Å². The molecule has 2 amide bonds. The first-order chi connectivity index (χ1) is 11.8. The topological polar surface area (TPSA) is 53.2 Å². The number of rotatable bonds is 5. The monoisotopic (exact) mass is 323 g/mol. The largest absolute Gasteiger partial charge is 0.336 e. The molecule has 4 nitrogen and oxygen atoms in total. The number of hydrogen-bond acceptors (Lipinski definition) is 2. The van der Waals surface area contributed by atoms with Crippen molar-refractivity contribution in [1.82, 2.24) is 10.6 Å². The summed E-state index contributed by atoms with van der Waals surface area (Å²) < 4.78 is 0. The molecular formula is C20H25N3O. The summed E-state index contributed by atoms with van der Waals surface area (Å²) in [7, 11) is 0. The smallest absolute Gasteiger partial charge is 0.319 e. The standard InChI is InChI=1S/C20H25N3O/c24-20(23-18-9-5-2-6-10-18)22-15-19-12-11-17(14-21-19)13-16-7-3-1-4-8-16/h1-10,17,19,21H,11-15H2,(H2,22,23,24)/t17-,19+/m0/s1. The molecule has 0 radical (unpaired) electrons. The lowest BCUT2D eigenvalue weighted by atomic mass is 9.89. The van der Waals surface area contributed by atoms with E-state index in [-0.39, 0.29) is 6.03 Å². The van der Waals surface area contributed by atoms with Crippen LogP contribution in [-0.2, 0) is 6.42 Å². The minimum atomic E-state index is -0.144. The Balaban J connectivity index is 1.36. The quantitative estimate of drug-likeness (QED) is 0.790. The van der Waals surface area contributed by atoms with Crippen molar-refractivity contribution in [3.05, 3.63) is 66.2 Å². The zero-order valence-electron chi connectivity index (χ0n) is 13.9. The van der Waals surface area contributed by atoms with Crippen LogP contribution in [0.3, 0.4) is 0 Å². The average Bonchev–Trinajstić information content (AvgIpc) is 2.63. The third-order valence-electron chi connectivity index (χ3n) is 4.53. The summed E-state index contributed by atoms with van der Waals surface area (Å²) in [6, 6.07) is 20.4. The number of nitrogens with one attached hydrogen (secondary N) is 3. The van der Waals surface area contributed by atoms with Crippen LogP contribution in [-0.4, -0.2) is 25.2 Å². The van der Waals surface area contributed by atoms with Gasteiger partial charge in [0.1, 0.15) is 0 Å². The molecule has 1 aliphatic heterocycles. The van der Waals surface area contributed by atoms with Crippen molar-refractivity contribution in [3.63, 3.8) is 0 Å². The maximum Gasteiger partial charge on any atom is 0.319 e. The summed E-state index contributed by atoms with van der Waals surface area (Å²) in [5.41, 5.74) is 2.22. The van der Waals surface area contributed by atoms with Crippen LogP contribution in [0.2, 0.25) is 0 Å². The lowest BCUT2D eigenvalue weighted by Gasteiger charge is -2.30. The van der Waals surface area contributed by atoms with E-state index in [4.69, 9.17) is 0 Å². The molecule has 3 N–H and O–H groups in total. The Morgan fingerprint density at radius 2 is 1.71 bits per heavy atom. The van der Waals surface area contributed by atoms with Gasteiger partial charge in [-0.25, -0.2) is 4.79 Å². The molecule has 3 rings (SSSR count). The molecular weight excluding hydrogens is 298 g/mol. The van der Waals surface area contributed by atoms with Gasteiger partial charge in [-0.15, -0.1) is 0 Å². The zero-order chi connectivity index (χ0) is 16.6. The van der Waals surface area contributed by atoms with Gasteiger partial charge in [-0.3, -0.25) is 0 Å². The van der Waals surface area contributed by atoms with Crippen molar-refractivity contribution in [1.29, 1.82) is 0 Å². The fraction of sp³-hybridized carbons (Fsp3) is 0.350. The van der Waals surface area contributed by atoms with E-state index in [1.165, 1.54) is 12.0 Å². The van der Waals surface area contributed by atoms with Crippen LogP contribution < -0.4 is 16.0 Å². The Hall–Kier alpha value is -2.33. The summed E-state index contributed by atoms with van der Waals surface area (Å²) in [4.78, 5) is 11.9. The fourth-order valence-corrected chi connectivity index (χ4v) is 3.18. The zero-order valence-corrected chi connectivity index (χ0v) is 13.9. The third-order valence-corrected chi connectivity index (χ3v) is 4.53. The van der Waals surface area contributed by atoms with Gasteiger partial charge in [-0.2, -0.15) is 0 Å². The number of carbonyl (C=O) groups is 1. The highest BCUT2D eigenvalue weighted by Crippen LogP contribution is 2.18. The van der Waals surface area contributed by atoms with Crippen molar-refractivity contribution in [2.75, 3.05) is 18.4 Å². The summed E-state index contributed by atoms with van der Waals surface area (Å²) in [6.07, 6.45) is 3.43. The second kappa shape index (κ2) is 8.50. The molecule has 0 spiro atoms. The number of carbonyl (C=O) groups excluding carboxylic acids is 1. The van der Waals surface area contributed by atoms with Crippen LogP contribution in [0.4, 0.5) is 10.5 Å². The van der Waals surface area contributed by atoms with Crippen LogP contribution in [0.1, 0.15) is 18.4 Å². The third kappa shape index (κ3) is 5.10. The SMILES string of the molecule is O=C(NC[C@H]1CC[C@@H](Cc2ccccc2)CN1)Nc1ccccc1. The van der Waals surface area contributed by atoms with E-state index in [1.807, 2.05) is 30.3 Å². The van der Waals surface area contributed by atoms with Gasteiger partial charge in [0.25, 0.3) is 0 Å². The summed E-state index contributed by atoms with van der Waals surface area (Å²) in [6.45, 7) is 1.68. The number of amides is 2. The van der Waals surface area contributed by atoms with Gasteiger partial charge in [0.2, 0.25) is 0 Å². The molecule has 0 aliphatic carbocycles. The van der Waals surface area contributed by atoms with Gasteiger partial charge < -0.3 is 16.0 Å². The van der Waals surface area contributed by atoms with Gasteiger partial charge in [0.15, 0.2) is 0 Å². The molecule has 2 aromatic rings. The van der Waals surface area contributed by atoms with Crippen LogP contribution in [0.25, 0.3) is 0 Å². The molecule has 2 aromatic carbocycles. The normalized spacial score (nSPS) is 20.3. The molecule has 2 atom stereocenters. The number of benzene rings is 2. The Morgan fingerprint density at radius 3 is 2.38 bits per heavy atom. The van der Waals surface area contributed by atoms with E-state index in [9.17, 15) is 4.79 Å². The van der Waals surface area contributed by atoms with E-state index in [0.29, 0.717) is 18.5 Å². The molecule has 0 aromatic heterocycles. The predicted octanol–water partition coefficient (Wildman–Crippen LogP) is 3.42. The molecule has 0 bridgehead atoms. The number of para-hydroxylation sites is 1. The molecule has 1 fully saturated rings. The van der Waals surface area contributed by atoms with E-state index < -0.39 is 0 Å². The van der Waals surface area contributed by atoms with Crippen LogP contribution in [0.5, 0.6) is 0 Å². The van der Waals surface area contributed by atoms with Crippen LogP contribution in [0.15, 0.2) is 60.7 Å². The number of piperidine rings is 1. The highest BCUT2D eigenvalue weighted by atomic mass is 16.2. The number of urea groups is 1. The first kappa shape index (κ1) is 16.5. The molecule has 1 saturated heterocycles. The van der Waals surface area contributed by atoms with Gasteiger partial charge >= 0.3 is 6.03 Å². The van der Waals surface area contributed by atoms with E-state index in [0.717, 1.165) is 25.1 Å². The first-order valence-electron chi connectivity index (χ1n) is 8.67. The van der Waals surface area contributed by atoms with Crippen molar-refractivity contribution in [3.8, 4) is 0 Å². The van der Waals surface area contributed by atoms with Crippen molar-refractivity contribution >= 4 is 11.7 Å². The number of hydrogen-bond donors (Lipinski definition) is 3. The Morgan fingerprint density at radius 1 is 1.00 bits per heavy atom. The lowest BCUT2D eigenvalue weighted by Crippen LogP contribution is -2.47. The van der Waals surface area contributed by atoms with Crippen molar-refractivity contribution in [2.45, 2.75) is 25.3 Å². The maximum absolute atomic E-state index is 11.9. The summed E-state index contributed by atoms with van der Waals surface area (Å²) >= 11 is 0. The first-order valence-corrected chi connectivity index (χ1v) is 8.67. The van der Waals surface area contributed by atoms with Crippen LogP contribution >= 0.6 is 0 Å². The molecule has 1 heterocycles. The Kier molecular flexibility index (Phi) is 5.85. The predicted molar refractivity (Wildman–Crippen MR) is 98.1 cm³/mol. The van der Waals surface area contributed by atoms with Gasteiger partial charge in [0, 0.05) is 18.3 Å².